The van der Waals surface area contributed by atoms with E-state index in [4.69, 9.17) is 10.5 Å². The van der Waals surface area contributed by atoms with Gasteiger partial charge in [-0.2, -0.15) is 0 Å². The molecule has 0 radical (unpaired) electrons. The number of rotatable bonds is 4. The third kappa shape index (κ3) is 3.54. The fourth-order valence-electron chi connectivity index (χ4n) is 2.20. The van der Waals surface area contributed by atoms with Gasteiger partial charge in [0.05, 0.1) is 6.61 Å². The molecule has 0 unspecified atom stereocenters. The lowest BCUT2D eigenvalue weighted by Crippen LogP contribution is -2.14. The molecule has 2 aromatic carbocycles. The van der Waals surface area contributed by atoms with Crippen molar-refractivity contribution in [1.29, 1.82) is 0 Å². The number of carbonyl (C=O) groups excluding carboxylic acids is 1. The van der Waals surface area contributed by atoms with Gasteiger partial charge in [0.1, 0.15) is 5.75 Å². The van der Waals surface area contributed by atoms with Crippen LogP contribution in [0.15, 0.2) is 36.4 Å². The highest BCUT2D eigenvalue weighted by molar-refractivity contribution is 6.05. The number of hydrogen-bond donors (Lipinski definition) is 2. The van der Waals surface area contributed by atoms with E-state index in [1.54, 1.807) is 18.2 Å². The molecule has 0 bridgehead atoms. The number of anilines is 2. The molecule has 0 aliphatic rings. The average molecular weight is 284 g/mol. The maximum Gasteiger partial charge on any atom is 0.255 e. The second kappa shape index (κ2) is 6.31. The van der Waals surface area contributed by atoms with Crippen LogP contribution in [0.4, 0.5) is 11.4 Å². The van der Waals surface area contributed by atoms with Gasteiger partial charge in [0.15, 0.2) is 0 Å². The van der Waals surface area contributed by atoms with Gasteiger partial charge < -0.3 is 15.8 Å². The topological polar surface area (TPSA) is 64.3 Å². The average Bonchev–Trinajstić information content (AvgIpc) is 2.42. The minimum Gasteiger partial charge on any atom is -0.494 e. The number of amides is 1. The lowest BCUT2D eigenvalue weighted by molar-refractivity contribution is 0.102. The third-order valence-electron chi connectivity index (χ3n) is 3.22. The molecular weight excluding hydrogens is 264 g/mol. The van der Waals surface area contributed by atoms with Crippen molar-refractivity contribution in [3.63, 3.8) is 0 Å². The van der Waals surface area contributed by atoms with Crippen molar-refractivity contribution in [2.45, 2.75) is 20.8 Å². The number of aryl methyl sites for hydroxylation is 2. The van der Waals surface area contributed by atoms with Gasteiger partial charge in [0.2, 0.25) is 0 Å². The van der Waals surface area contributed by atoms with Crippen LogP contribution in [-0.4, -0.2) is 12.5 Å². The molecule has 0 saturated carbocycles. The van der Waals surface area contributed by atoms with E-state index in [1.165, 1.54) is 0 Å². The summed E-state index contributed by atoms with van der Waals surface area (Å²) in [7, 11) is 0. The van der Waals surface area contributed by atoms with Crippen LogP contribution in [0.3, 0.4) is 0 Å². The third-order valence-corrected chi connectivity index (χ3v) is 3.22. The summed E-state index contributed by atoms with van der Waals surface area (Å²) in [6.07, 6.45) is 0. The van der Waals surface area contributed by atoms with Crippen LogP contribution in [0.2, 0.25) is 0 Å². The van der Waals surface area contributed by atoms with Gasteiger partial charge in [-0.3, -0.25) is 4.79 Å². The Morgan fingerprint density at radius 2 is 1.86 bits per heavy atom. The predicted octanol–water partition coefficient (Wildman–Crippen LogP) is 3.54. The number of hydrogen-bond acceptors (Lipinski definition) is 3. The Hall–Kier alpha value is -2.49. The van der Waals surface area contributed by atoms with E-state index in [9.17, 15) is 4.79 Å². The molecule has 0 aromatic heterocycles. The van der Waals surface area contributed by atoms with Gasteiger partial charge >= 0.3 is 0 Å². The molecule has 2 aromatic rings. The molecule has 0 aliphatic carbocycles. The fraction of sp³-hybridized carbons (Fsp3) is 0.235. The Bertz CT molecular complexity index is 646. The Morgan fingerprint density at radius 1 is 1.19 bits per heavy atom. The second-order valence-corrected chi connectivity index (χ2v) is 4.94. The number of nitrogens with one attached hydrogen (secondary N) is 1. The van der Waals surface area contributed by atoms with E-state index in [1.807, 2.05) is 39.0 Å². The molecule has 0 heterocycles. The summed E-state index contributed by atoms with van der Waals surface area (Å²) in [5, 5.41) is 2.94. The van der Waals surface area contributed by atoms with Gasteiger partial charge in [-0.05, 0) is 44.0 Å². The quantitative estimate of drug-likeness (QED) is 0.844. The summed E-state index contributed by atoms with van der Waals surface area (Å²) in [4.78, 5) is 12.4. The van der Waals surface area contributed by atoms with Crippen molar-refractivity contribution in [2.24, 2.45) is 0 Å². The highest BCUT2D eigenvalue weighted by atomic mass is 16.5. The van der Waals surface area contributed by atoms with Crippen molar-refractivity contribution >= 4 is 17.3 Å². The van der Waals surface area contributed by atoms with Crippen molar-refractivity contribution in [2.75, 3.05) is 17.7 Å². The van der Waals surface area contributed by atoms with Gasteiger partial charge in [0.25, 0.3) is 5.91 Å². The zero-order chi connectivity index (χ0) is 15.4. The van der Waals surface area contributed by atoms with Crippen molar-refractivity contribution in [1.82, 2.24) is 0 Å². The summed E-state index contributed by atoms with van der Waals surface area (Å²) in [6, 6.07) is 10.9. The van der Waals surface area contributed by atoms with Crippen LogP contribution in [0.25, 0.3) is 0 Å². The molecule has 3 N–H and O–H groups in total. The molecule has 0 atom stereocenters. The van der Waals surface area contributed by atoms with Crippen LogP contribution in [-0.2, 0) is 0 Å². The van der Waals surface area contributed by atoms with E-state index in [0.717, 1.165) is 16.8 Å². The first-order valence-corrected chi connectivity index (χ1v) is 6.92. The van der Waals surface area contributed by atoms with Gasteiger partial charge in [-0.15, -0.1) is 0 Å². The van der Waals surface area contributed by atoms with E-state index in [-0.39, 0.29) is 5.91 Å². The molecular formula is C17H20N2O2. The molecule has 0 spiro atoms. The van der Waals surface area contributed by atoms with Gasteiger partial charge in [0, 0.05) is 23.0 Å². The summed E-state index contributed by atoms with van der Waals surface area (Å²) < 4.78 is 5.42. The molecule has 21 heavy (non-hydrogen) atoms. The van der Waals surface area contributed by atoms with Gasteiger partial charge in [-0.25, -0.2) is 0 Å². The van der Waals surface area contributed by atoms with Crippen molar-refractivity contribution in [3.8, 4) is 5.75 Å². The minimum absolute atomic E-state index is 0.194. The first kappa shape index (κ1) is 14.9. The highest BCUT2D eigenvalue weighted by Gasteiger charge is 2.11. The maximum atomic E-state index is 12.4. The molecule has 4 nitrogen and oxygen atoms in total. The Labute approximate surface area is 124 Å². The molecule has 110 valence electrons. The molecule has 4 heteroatoms. The number of benzene rings is 2. The smallest absolute Gasteiger partial charge is 0.255 e. The monoisotopic (exact) mass is 284 g/mol. The van der Waals surface area contributed by atoms with E-state index in [2.05, 4.69) is 5.32 Å². The Balaban J connectivity index is 2.28. The number of carbonyl (C=O) groups is 1. The normalized spacial score (nSPS) is 10.2. The minimum atomic E-state index is -0.194. The van der Waals surface area contributed by atoms with E-state index < -0.39 is 0 Å². The van der Waals surface area contributed by atoms with Crippen LogP contribution >= 0.6 is 0 Å². The molecule has 2 rings (SSSR count). The molecule has 0 fully saturated rings. The number of nitrogen functional groups attached to an aromatic ring is 1. The highest BCUT2D eigenvalue weighted by Crippen LogP contribution is 2.23. The maximum absolute atomic E-state index is 12.4. The Kier molecular flexibility index (Phi) is 4.48. The SMILES string of the molecule is CCOc1cc(N)cc(C(=O)Nc2c(C)cccc2C)c1. The summed E-state index contributed by atoms with van der Waals surface area (Å²) in [5.41, 5.74) is 9.70. The van der Waals surface area contributed by atoms with Crippen molar-refractivity contribution in [3.05, 3.63) is 53.1 Å². The fourth-order valence-corrected chi connectivity index (χ4v) is 2.20. The zero-order valence-electron chi connectivity index (χ0n) is 12.6. The summed E-state index contributed by atoms with van der Waals surface area (Å²) in [5.74, 6) is 0.407. The zero-order valence-corrected chi connectivity index (χ0v) is 12.6. The molecule has 1 amide bonds. The van der Waals surface area contributed by atoms with Crippen LogP contribution < -0.4 is 15.8 Å². The molecule has 0 aliphatic heterocycles. The predicted molar refractivity (Wildman–Crippen MR) is 85.9 cm³/mol. The van der Waals surface area contributed by atoms with Gasteiger partial charge in [-0.1, -0.05) is 18.2 Å². The van der Waals surface area contributed by atoms with Crippen LogP contribution in [0.1, 0.15) is 28.4 Å². The lowest BCUT2D eigenvalue weighted by Gasteiger charge is -2.12. The number of ether oxygens (including phenoxy) is 1. The Morgan fingerprint density at radius 3 is 2.48 bits per heavy atom. The number of para-hydroxylation sites is 1. The van der Waals surface area contributed by atoms with Crippen molar-refractivity contribution < 1.29 is 9.53 Å². The number of nitrogens with two attached hydrogens (primary N) is 1. The van der Waals surface area contributed by atoms with E-state index >= 15 is 0 Å². The lowest BCUT2D eigenvalue weighted by atomic mass is 10.1. The standard InChI is InChI=1S/C17H20N2O2/c1-4-21-15-9-13(8-14(18)10-15)17(20)19-16-11(2)6-5-7-12(16)3/h5-10H,4,18H2,1-3H3,(H,19,20). The first-order chi connectivity index (χ1) is 10.0. The summed E-state index contributed by atoms with van der Waals surface area (Å²) in [6.45, 7) is 6.35. The largest absolute Gasteiger partial charge is 0.494 e. The first-order valence-electron chi connectivity index (χ1n) is 6.92. The van der Waals surface area contributed by atoms with Crippen LogP contribution in [0, 0.1) is 13.8 Å². The second-order valence-electron chi connectivity index (χ2n) is 4.94. The summed E-state index contributed by atoms with van der Waals surface area (Å²) >= 11 is 0. The van der Waals surface area contributed by atoms with Crippen LogP contribution in [0.5, 0.6) is 5.75 Å². The van der Waals surface area contributed by atoms with E-state index in [0.29, 0.717) is 23.6 Å². The molecule has 0 saturated heterocycles.